The minimum atomic E-state index is 0.0602. The molecule has 0 saturated heterocycles. The van der Waals surface area contributed by atoms with Gasteiger partial charge in [-0.3, -0.25) is 0 Å². The highest BCUT2D eigenvalue weighted by molar-refractivity contribution is 9.10. The van der Waals surface area contributed by atoms with Crippen molar-refractivity contribution < 1.29 is 4.74 Å². The molecule has 0 aromatic heterocycles. The van der Waals surface area contributed by atoms with E-state index in [1.807, 2.05) is 13.0 Å². The monoisotopic (exact) mass is 311 g/mol. The number of ether oxygens (including phenoxy) is 1. The molecule has 3 heteroatoms. The number of halogens is 1. The fourth-order valence-corrected chi connectivity index (χ4v) is 3.05. The van der Waals surface area contributed by atoms with Crippen LogP contribution in [0.1, 0.15) is 51.1 Å². The molecule has 0 heterocycles. The summed E-state index contributed by atoms with van der Waals surface area (Å²) in [5.41, 5.74) is 7.00. The van der Waals surface area contributed by atoms with E-state index in [0.717, 1.165) is 21.7 Å². The Kier molecular flexibility index (Phi) is 4.68. The van der Waals surface area contributed by atoms with Crippen molar-refractivity contribution in [2.45, 2.75) is 51.7 Å². The topological polar surface area (TPSA) is 35.2 Å². The van der Waals surface area contributed by atoms with Crippen molar-refractivity contribution >= 4 is 15.9 Å². The number of hydrogen-bond donors (Lipinski definition) is 1. The van der Waals surface area contributed by atoms with Crippen LogP contribution < -0.4 is 10.5 Å². The third-order valence-corrected chi connectivity index (χ3v) is 4.28. The maximum atomic E-state index is 6.10. The van der Waals surface area contributed by atoms with Crippen molar-refractivity contribution in [3.05, 3.63) is 28.2 Å². The Morgan fingerprint density at radius 2 is 2.17 bits per heavy atom. The van der Waals surface area contributed by atoms with Gasteiger partial charge in [0, 0.05) is 6.04 Å². The standard InChI is InChI=1S/C15H22BrNO/c1-10-4-3-5-13(8-10)18-15-7-6-12(11(2)17)9-14(15)16/h6-7,9-11,13H,3-5,8,17H2,1-2H3/t10?,11-,13?/m0/s1. The molecule has 0 amide bonds. The summed E-state index contributed by atoms with van der Waals surface area (Å²) in [7, 11) is 0. The van der Waals surface area contributed by atoms with Gasteiger partial charge in [-0.05, 0) is 65.7 Å². The minimum Gasteiger partial charge on any atom is -0.489 e. The van der Waals surface area contributed by atoms with Gasteiger partial charge in [-0.15, -0.1) is 0 Å². The van der Waals surface area contributed by atoms with Crippen LogP contribution in [0.25, 0.3) is 0 Å². The highest BCUT2D eigenvalue weighted by Gasteiger charge is 2.21. The van der Waals surface area contributed by atoms with Crippen molar-refractivity contribution in [3.63, 3.8) is 0 Å². The average molecular weight is 312 g/mol. The number of hydrogen-bond acceptors (Lipinski definition) is 2. The van der Waals surface area contributed by atoms with Gasteiger partial charge in [-0.25, -0.2) is 0 Å². The van der Waals surface area contributed by atoms with Gasteiger partial charge in [0.15, 0.2) is 0 Å². The third-order valence-electron chi connectivity index (χ3n) is 3.66. The Morgan fingerprint density at radius 1 is 1.39 bits per heavy atom. The van der Waals surface area contributed by atoms with Crippen LogP contribution in [0.4, 0.5) is 0 Å². The van der Waals surface area contributed by atoms with Crippen molar-refractivity contribution in [3.8, 4) is 5.75 Å². The van der Waals surface area contributed by atoms with Crippen LogP contribution in [-0.2, 0) is 0 Å². The fourth-order valence-electron chi connectivity index (χ4n) is 2.56. The molecule has 1 fully saturated rings. The number of nitrogens with two attached hydrogens (primary N) is 1. The first kappa shape index (κ1) is 13.9. The molecule has 1 aliphatic rings. The zero-order valence-electron chi connectivity index (χ0n) is 11.2. The predicted molar refractivity (Wildman–Crippen MR) is 78.8 cm³/mol. The van der Waals surface area contributed by atoms with Gasteiger partial charge in [0.25, 0.3) is 0 Å². The van der Waals surface area contributed by atoms with E-state index in [2.05, 4.69) is 35.0 Å². The molecule has 3 atom stereocenters. The fraction of sp³-hybridized carbons (Fsp3) is 0.600. The Balaban J connectivity index is 2.05. The molecule has 0 aliphatic heterocycles. The molecule has 18 heavy (non-hydrogen) atoms. The summed E-state index contributed by atoms with van der Waals surface area (Å²) in [5, 5.41) is 0. The maximum absolute atomic E-state index is 6.10. The second-order valence-corrected chi connectivity index (χ2v) is 6.34. The molecular formula is C15H22BrNO. The second-order valence-electron chi connectivity index (χ2n) is 5.49. The molecule has 2 N–H and O–H groups in total. The van der Waals surface area contributed by atoms with Crippen LogP contribution >= 0.6 is 15.9 Å². The zero-order valence-corrected chi connectivity index (χ0v) is 12.7. The largest absolute Gasteiger partial charge is 0.489 e. The molecule has 2 rings (SSSR count). The van der Waals surface area contributed by atoms with E-state index in [-0.39, 0.29) is 6.04 Å². The van der Waals surface area contributed by atoms with Crippen LogP contribution in [-0.4, -0.2) is 6.10 Å². The second kappa shape index (κ2) is 6.07. The molecule has 1 aromatic rings. The molecule has 1 aromatic carbocycles. The Labute approximate surface area is 118 Å². The first-order valence-corrected chi connectivity index (χ1v) is 7.57. The molecule has 2 nitrogen and oxygen atoms in total. The highest BCUT2D eigenvalue weighted by Crippen LogP contribution is 2.32. The molecule has 2 unspecified atom stereocenters. The quantitative estimate of drug-likeness (QED) is 0.896. The lowest BCUT2D eigenvalue weighted by Gasteiger charge is -2.28. The first-order valence-electron chi connectivity index (χ1n) is 6.78. The predicted octanol–water partition coefficient (Wildman–Crippen LogP) is 4.43. The summed E-state index contributed by atoms with van der Waals surface area (Å²) < 4.78 is 7.11. The van der Waals surface area contributed by atoms with E-state index in [1.165, 1.54) is 25.7 Å². The van der Waals surface area contributed by atoms with Crippen LogP contribution in [0.2, 0.25) is 0 Å². The lowest BCUT2D eigenvalue weighted by atomic mass is 9.89. The first-order chi connectivity index (χ1) is 8.56. The van der Waals surface area contributed by atoms with E-state index >= 15 is 0 Å². The van der Waals surface area contributed by atoms with Gasteiger partial charge in [0.2, 0.25) is 0 Å². The molecule has 1 aliphatic carbocycles. The smallest absolute Gasteiger partial charge is 0.133 e. The van der Waals surface area contributed by atoms with Crippen LogP contribution in [0, 0.1) is 5.92 Å². The van der Waals surface area contributed by atoms with E-state index in [0.29, 0.717) is 6.10 Å². The molecule has 0 radical (unpaired) electrons. The van der Waals surface area contributed by atoms with Crippen molar-refractivity contribution in [2.75, 3.05) is 0 Å². The van der Waals surface area contributed by atoms with Crippen LogP contribution in [0.3, 0.4) is 0 Å². The summed E-state index contributed by atoms with van der Waals surface area (Å²) in [6, 6.07) is 6.20. The number of rotatable bonds is 3. The summed E-state index contributed by atoms with van der Waals surface area (Å²) in [6.45, 7) is 4.30. The highest BCUT2D eigenvalue weighted by atomic mass is 79.9. The van der Waals surface area contributed by atoms with Crippen molar-refractivity contribution in [1.29, 1.82) is 0 Å². The number of benzene rings is 1. The van der Waals surface area contributed by atoms with Gasteiger partial charge in [0.05, 0.1) is 10.6 Å². The maximum Gasteiger partial charge on any atom is 0.133 e. The summed E-state index contributed by atoms with van der Waals surface area (Å²) in [5.74, 6) is 1.73. The Bertz CT molecular complexity index is 405. The van der Waals surface area contributed by atoms with E-state index in [4.69, 9.17) is 10.5 Å². The van der Waals surface area contributed by atoms with E-state index in [9.17, 15) is 0 Å². The molecule has 100 valence electrons. The SMILES string of the molecule is CC1CCCC(Oc2ccc([C@H](C)N)cc2Br)C1. The average Bonchev–Trinajstić information content (AvgIpc) is 2.31. The van der Waals surface area contributed by atoms with Crippen molar-refractivity contribution in [2.24, 2.45) is 11.7 Å². The Morgan fingerprint density at radius 3 is 2.78 bits per heavy atom. The lowest BCUT2D eigenvalue weighted by molar-refractivity contribution is 0.128. The molecule has 0 spiro atoms. The normalized spacial score (nSPS) is 25.8. The van der Waals surface area contributed by atoms with Gasteiger partial charge in [-0.1, -0.05) is 19.4 Å². The zero-order chi connectivity index (χ0) is 13.1. The Hall–Kier alpha value is -0.540. The van der Waals surface area contributed by atoms with Crippen LogP contribution in [0.5, 0.6) is 5.75 Å². The molecule has 1 saturated carbocycles. The van der Waals surface area contributed by atoms with Gasteiger partial charge < -0.3 is 10.5 Å². The summed E-state index contributed by atoms with van der Waals surface area (Å²) >= 11 is 3.58. The van der Waals surface area contributed by atoms with Crippen molar-refractivity contribution in [1.82, 2.24) is 0 Å². The minimum absolute atomic E-state index is 0.0602. The third kappa shape index (κ3) is 3.48. The van der Waals surface area contributed by atoms with Gasteiger partial charge >= 0.3 is 0 Å². The van der Waals surface area contributed by atoms with Gasteiger partial charge in [-0.2, -0.15) is 0 Å². The van der Waals surface area contributed by atoms with Crippen LogP contribution in [0.15, 0.2) is 22.7 Å². The van der Waals surface area contributed by atoms with Gasteiger partial charge in [0.1, 0.15) is 5.75 Å². The molecular weight excluding hydrogens is 290 g/mol. The van der Waals surface area contributed by atoms with E-state index < -0.39 is 0 Å². The summed E-state index contributed by atoms with van der Waals surface area (Å²) in [4.78, 5) is 0. The summed E-state index contributed by atoms with van der Waals surface area (Å²) in [6.07, 6.45) is 5.32. The van der Waals surface area contributed by atoms with E-state index in [1.54, 1.807) is 0 Å². The lowest BCUT2D eigenvalue weighted by Crippen LogP contribution is -2.24. The molecule has 0 bridgehead atoms.